The van der Waals surface area contributed by atoms with E-state index in [9.17, 15) is 9.59 Å². The molecule has 1 atom stereocenters. The van der Waals surface area contributed by atoms with Gasteiger partial charge in [-0.05, 0) is 30.6 Å². The Labute approximate surface area is 180 Å². The van der Waals surface area contributed by atoms with Gasteiger partial charge in [-0.2, -0.15) is 0 Å². The lowest BCUT2D eigenvalue weighted by Gasteiger charge is -2.15. The summed E-state index contributed by atoms with van der Waals surface area (Å²) in [5, 5.41) is 3.18. The molecule has 1 aliphatic rings. The molecule has 1 saturated heterocycles. The molecule has 0 radical (unpaired) electrons. The number of methoxy groups -OCH3 is 2. The third kappa shape index (κ3) is 5.30. The molecule has 2 aromatic rings. The van der Waals surface area contributed by atoms with Crippen LogP contribution < -0.4 is 20.5 Å². The summed E-state index contributed by atoms with van der Waals surface area (Å²) in [6.07, 6.45) is 3.38. The van der Waals surface area contributed by atoms with Crippen molar-refractivity contribution in [2.24, 2.45) is 5.73 Å². The molecule has 0 spiro atoms. The van der Waals surface area contributed by atoms with E-state index >= 15 is 0 Å². The van der Waals surface area contributed by atoms with Crippen molar-refractivity contribution >= 4 is 17.8 Å². The van der Waals surface area contributed by atoms with Gasteiger partial charge in [0, 0.05) is 37.0 Å². The highest BCUT2D eigenvalue weighted by atomic mass is 16.5. The highest BCUT2D eigenvalue weighted by Gasteiger charge is 2.25. The zero-order valence-electron chi connectivity index (χ0n) is 17.3. The molecule has 0 aliphatic carbocycles. The molecule has 2 amide bonds. The first-order valence-electron chi connectivity index (χ1n) is 9.53. The number of benzene rings is 1. The third-order valence-electron chi connectivity index (χ3n) is 4.74. The van der Waals surface area contributed by atoms with Gasteiger partial charge in [0.15, 0.2) is 0 Å². The van der Waals surface area contributed by atoms with Gasteiger partial charge >= 0.3 is 0 Å². The average Bonchev–Trinajstić information content (AvgIpc) is 3.25. The zero-order chi connectivity index (χ0) is 22.4. The van der Waals surface area contributed by atoms with E-state index in [1.54, 1.807) is 37.3 Å². The molecule has 3 rings (SSSR count). The topological polar surface area (TPSA) is 120 Å². The summed E-state index contributed by atoms with van der Waals surface area (Å²) in [4.78, 5) is 33.8. The first-order chi connectivity index (χ1) is 14.9. The lowest BCUT2D eigenvalue weighted by molar-refractivity contribution is -0.125. The van der Waals surface area contributed by atoms with E-state index in [2.05, 4.69) is 33.7 Å². The Kier molecular flexibility index (Phi) is 6.72. The van der Waals surface area contributed by atoms with Crippen LogP contribution in [0.25, 0.3) is 0 Å². The summed E-state index contributed by atoms with van der Waals surface area (Å²) < 4.78 is 10.5. The fourth-order valence-corrected chi connectivity index (χ4v) is 3.13. The number of ether oxygens (including phenoxy) is 2. The molecule has 9 heteroatoms. The van der Waals surface area contributed by atoms with Gasteiger partial charge < -0.3 is 25.4 Å². The minimum atomic E-state index is -0.678. The monoisotopic (exact) mass is 421 g/mol. The van der Waals surface area contributed by atoms with Crippen molar-refractivity contribution in [3.8, 4) is 23.3 Å². The number of aromatic nitrogens is 2. The number of carbonyl (C=O) groups excluding carboxylic acids is 2. The summed E-state index contributed by atoms with van der Waals surface area (Å²) in [6, 6.07) is 5.19. The van der Waals surface area contributed by atoms with Crippen molar-refractivity contribution in [2.75, 3.05) is 32.6 Å². The van der Waals surface area contributed by atoms with Gasteiger partial charge in [0.25, 0.3) is 5.91 Å². The van der Waals surface area contributed by atoms with Crippen LogP contribution in [-0.4, -0.2) is 60.0 Å². The predicted molar refractivity (Wildman–Crippen MR) is 115 cm³/mol. The molecule has 3 N–H and O–H groups in total. The zero-order valence-corrected chi connectivity index (χ0v) is 17.3. The van der Waals surface area contributed by atoms with Gasteiger partial charge in [0.1, 0.15) is 17.2 Å². The molecule has 0 bridgehead atoms. The largest absolute Gasteiger partial charge is 0.497 e. The van der Waals surface area contributed by atoms with Crippen molar-refractivity contribution < 1.29 is 19.1 Å². The van der Waals surface area contributed by atoms with E-state index in [0.717, 1.165) is 6.42 Å². The summed E-state index contributed by atoms with van der Waals surface area (Å²) in [5.74, 6) is 6.52. The van der Waals surface area contributed by atoms with Crippen LogP contribution in [0.2, 0.25) is 0 Å². The molecule has 1 aliphatic heterocycles. The van der Waals surface area contributed by atoms with Crippen LogP contribution in [-0.2, 0) is 4.79 Å². The van der Waals surface area contributed by atoms with E-state index in [1.807, 2.05) is 0 Å². The number of nitrogens with zero attached hydrogens (tertiary/aromatic N) is 3. The van der Waals surface area contributed by atoms with Crippen molar-refractivity contribution in [3.05, 3.63) is 53.9 Å². The molecule has 1 unspecified atom stereocenters. The Morgan fingerprint density at radius 3 is 2.58 bits per heavy atom. The number of hydrogen-bond donors (Lipinski definition) is 2. The Morgan fingerprint density at radius 2 is 1.97 bits per heavy atom. The first-order valence-corrected chi connectivity index (χ1v) is 9.53. The van der Waals surface area contributed by atoms with Gasteiger partial charge in [-0.15, -0.1) is 0 Å². The van der Waals surface area contributed by atoms with Gasteiger partial charge in [-0.3, -0.25) is 9.59 Å². The van der Waals surface area contributed by atoms with E-state index in [-0.39, 0.29) is 23.2 Å². The second kappa shape index (κ2) is 9.63. The molecule has 1 aromatic carbocycles. The predicted octanol–water partition coefficient (Wildman–Crippen LogP) is 1.19. The Balaban J connectivity index is 1.86. The van der Waals surface area contributed by atoms with Crippen molar-refractivity contribution in [2.45, 2.75) is 12.5 Å². The summed E-state index contributed by atoms with van der Waals surface area (Å²) >= 11 is 0. The summed E-state index contributed by atoms with van der Waals surface area (Å²) in [5.41, 5.74) is 6.39. The lowest BCUT2D eigenvalue weighted by atomic mass is 10.1. The summed E-state index contributed by atoms with van der Waals surface area (Å²) in [7, 11) is 3.10. The van der Waals surface area contributed by atoms with E-state index < -0.39 is 5.91 Å². The minimum absolute atomic E-state index is 0.0215. The molecular weight excluding hydrogens is 398 g/mol. The first kappa shape index (κ1) is 21.6. The number of nitrogens with one attached hydrogen (secondary N) is 1. The molecule has 2 heterocycles. The second-order valence-corrected chi connectivity index (χ2v) is 6.79. The Morgan fingerprint density at radius 1 is 1.26 bits per heavy atom. The SMILES string of the molecule is C=CC(=O)N1CCC(Nc2ncc(C(N)=O)c(C#Cc3cc(OC)cc(OC)c3)n2)C1. The molecule has 0 saturated carbocycles. The van der Waals surface area contributed by atoms with Crippen molar-refractivity contribution in [3.63, 3.8) is 0 Å². The average molecular weight is 421 g/mol. The van der Waals surface area contributed by atoms with Gasteiger partial charge in [0.05, 0.1) is 19.8 Å². The minimum Gasteiger partial charge on any atom is -0.497 e. The molecular formula is C22H23N5O4. The highest BCUT2D eigenvalue weighted by Crippen LogP contribution is 2.22. The molecule has 1 aromatic heterocycles. The fraction of sp³-hybridized carbons (Fsp3) is 0.273. The lowest BCUT2D eigenvalue weighted by Crippen LogP contribution is -2.30. The summed E-state index contributed by atoms with van der Waals surface area (Å²) in [6.45, 7) is 4.64. The normalized spacial score (nSPS) is 14.9. The maximum absolute atomic E-state index is 11.8. The van der Waals surface area contributed by atoms with Crippen molar-refractivity contribution in [1.29, 1.82) is 0 Å². The molecule has 31 heavy (non-hydrogen) atoms. The molecule has 1 fully saturated rings. The van der Waals surface area contributed by atoms with E-state index in [0.29, 0.717) is 36.1 Å². The second-order valence-electron chi connectivity index (χ2n) is 6.79. The van der Waals surface area contributed by atoms with Crippen LogP contribution in [0.3, 0.4) is 0 Å². The number of likely N-dealkylation sites (tertiary alicyclic amines) is 1. The van der Waals surface area contributed by atoms with Gasteiger partial charge in [0.2, 0.25) is 11.9 Å². The number of nitrogens with two attached hydrogens (primary N) is 1. The quantitative estimate of drug-likeness (QED) is 0.531. The van der Waals surface area contributed by atoms with Crippen LogP contribution in [0.4, 0.5) is 5.95 Å². The van der Waals surface area contributed by atoms with Crippen molar-refractivity contribution in [1.82, 2.24) is 14.9 Å². The number of anilines is 1. The maximum atomic E-state index is 11.8. The maximum Gasteiger partial charge on any atom is 0.253 e. The Bertz CT molecular complexity index is 1050. The van der Waals surface area contributed by atoms with Crippen LogP contribution in [0.5, 0.6) is 11.5 Å². The Hall–Kier alpha value is -4.06. The van der Waals surface area contributed by atoms with Gasteiger partial charge in [-0.25, -0.2) is 9.97 Å². The molecule has 160 valence electrons. The number of carbonyl (C=O) groups is 2. The van der Waals surface area contributed by atoms with Crippen LogP contribution >= 0.6 is 0 Å². The number of amides is 2. The van der Waals surface area contributed by atoms with Crippen LogP contribution in [0, 0.1) is 11.8 Å². The smallest absolute Gasteiger partial charge is 0.253 e. The standard InChI is InChI=1S/C22H23N5O4/c1-4-20(28)27-8-7-15(13-27)25-22-24-12-18(21(23)29)19(26-22)6-5-14-9-16(30-2)11-17(10-14)31-3/h4,9-12,15H,1,7-8,13H2,2-3H3,(H2,23,29)(H,24,25,26). The van der Waals surface area contributed by atoms with Crippen LogP contribution in [0.1, 0.15) is 28.0 Å². The number of rotatable bonds is 6. The number of hydrogen-bond acceptors (Lipinski definition) is 7. The van der Waals surface area contributed by atoms with E-state index in [1.165, 1.54) is 12.3 Å². The molecule has 9 nitrogen and oxygen atoms in total. The highest BCUT2D eigenvalue weighted by molar-refractivity contribution is 5.94. The number of primary amides is 1. The van der Waals surface area contributed by atoms with E-state index in [4.69, 9.17) is 15.2 Å². The van der Waals surface area contributed by atoms with Gasteiger partial charge in [-0.1, -0.05) is 12.5 Å². The third-order valence-corrected chi connectivity index (χ3v) is 4.74. The van der Waals surface area contributed by atoms with Crippen LogP contribution in [0.15, 0.2) is 37.1 Å². The fourth-order valence-electron chi connectivity index (χ4n) is 3.13.